The van der Waals surface area contributed by atoms with Gasteiger partial charge in [0.05, 0.1) is 6.10 Å². The number of nitrogens with one attached hydrogen (secondary N) is 1. The third-order valence-electron chi connectivity index (χ3n) is 3.72. The zero-order valence-corrected chi connectivity index (χ0v) is 13.1. The summed E-state index contributed by atoms with van der Waals surface area (Å²) in [4.78, 5) is 2.42. The number of aliphatic hydroxyl groups excluding tert-OH is 1. The van der Waals surface area contributed by atoms with Crippen molar-refractivity contribution >= 4 is 23.2 Å². The summed E-state index contributed by atoms with van der Waals surface area (Å²) < 4.78 is 0. The van der Waals surface area contributed by atoms with Gasteiger partial charge in [0.1, 0.15) is 0 Å². The molecule has 1 heterocycles. The van der Waals surface area contributed by atoms with Crippen molar-refractivity contribution in [3.63, 3.8) is 0 Å². The van der Waals surface area contributed by atoms with Crippen LogP contribution in [0.25, 0.3) is 0 Å². The molecular weight excluding hydrogens is 295 g/mol. The average molecular weight is 317 g/mol. The number of piperidine rings is 1. The first-order valence-corrected chi connectivity index (χ1v) is 7.96. The molecule has 0 atom stereocenters. The largest absolute Gasteiger partial charge is 0.393 e. The van der Waals surface area contributed by atoms with Crippen molar-refractivity contribution < 1.29 is 5.11 Å². The third kappa shape index (κ3) is 5.23. The molecule has 3 nitrogen and oxygen atoms in total. The summed E-state index contributed by atoms with van der Waals surface area (Å²) in [5.74, 6) is 0. The van der Waals surface area contributed by atoms with Crippen LogP contribution in [0.5, 0.6) is 0 Å². The van der Waals surface area contributed by atoms with E-state index in [0.717, 1.165) is 62.6 Å². The van der Waals surface area contributed by atoms with Gasteiger partial charge in [-0.25, -0.2) is 0 Å². The number of aliphatic hydroxyl groups is 1. The Labute approximate surface area is 130 Å². The minimum absolute atomic E-state index is 0.0866. The second-order valence-corrected chi connectivity index (χ2v) is 6.18. The number of benzene rings is 1. The smallest absolute Gasteiger partial charge is 0.0564 e. The monoisotopic (exact) mass is 316 g/mol. The van der Waals surface area contributed by atoms with Crippen molar-refractivity contribution in [1.29, 1.82) is 0 Å². The van der Waals surface area contributed by atoms with Gasteiger partial charge in [-0.2, -0.15) is 0 Å². The summed E-state index contributed by atoms with van der Waals surface area (Å²) in [7, 11) is 0. The second-order valence-electron chi connectivity index (χ2n) is 5.34. The van der Waals surface area contributed by atoms with Crippen molar-refractivity contribution in [1.82, 2.24) is 10.2 Å². The fourth-order valence-electron chi connectivity index (χ4n) is 2.46. The highest BCUT2D eigenvalue weighted by atomic mass is 35.5. The van der Waals surface area contributed by atoms with Gasteiger partial charge >= 0.3 is 0 Å². The Morgan fingerprint density at radius 2 is 2.00 bits per heavy atom. The Kier molecular flexibility index (Phi) is 6.59. The van der Waals surface area contributed by atoms with E-state index < -0.39 is 0 Å². The molecule has 0 saturated carbocycles. The van der Waals surface area contributed by atoms with Gasteiger partial charge in [0.25, 0.3) is 0 Å². The molecule has 0 amide bonds. The van der Waals surface area contributed by atoms with Crippen LogP contribution in [-0.4, -0.2) is 42.3 Å². The molecule has 0 unspecified atom stereocenters. The molecule has 1 aromatic rings. The fraction of sp³-hybridized carbons (Fsp3) is 0.600. The molecule has 20 heavy (non-hydrogen) atoms. The summed E-state index contributed by atoms with van der Waals surface area (Å²) in [6.07, 6.45) is 2.85. The zero-order valence-electron chi connectivity index (χ0n) is 11.6. The minimum atomic E-state index is -0.0866. The molecule has 0 aromatic heterocycles. The topological polar surface area (TPSA) is 35.5 Å². The molecule has 0 bridgehead atoms. The molecule has 2 rings (SSSR count). The van der Waals surface area contributed by atoms with Crippen molar-refractivity contribution in [2.24, 2.45) is 0 Å². The predicted molar refractivity (Wildman–Crippen MR) is 84.5 cm³/mol. The lowest BCUT2D eigenvalue weighted by Gasteiger charge is -2.29. The fourth-order valence-corrected chi connectivity index (χ4v) is 2.93. The maximum Gasteiger partial charge on any atom is 0.0564 e. The molecule has 112 valence electrons. The summed E-state index contributed by atoms with van der Waals surface area (Å²) >= 11 is 12.0. The molecule has 1 saturated heterocycles. The average Bonchev–Trinajstić information content (AvgIpc) is 2.42. The molecular formula is C15H22Cl2N2O. The SMILES string of the molecule is OC1CCN(CCCNCc2ccc(Cl)cc2Cl)CC1. The van der Waals surface area contributed by atoms with Crippen LogP contribution in [0.4, 0.5) is 0 Å². The standard InChI is InChI=1S/C15H22Cl2N2O/c16-13-3-2-12(15(17)10-13)11-18-6-1-7-19-8-4-14(20)5-9-19/h2-3,10,14,18,20H,1,4-9,11H2. The van der Waals surface area contributed by atoms with Crippen LogP contribution in [0.2, 0.25) is 10.0 Å². The van der Waals surface area contributed by atoms with Crippen molar-refractivity contribution in [3.8, 4) is 0 Å². The summed E-state index contributed by atoms with van der Waals surface area (Å²) in [5, 5.41) is 14.2. The molecule has 0 spiro atoms. The molecule has 1 aliphatic heterocycles. The molecule has 5 heteroatoms. The lowest BCUT2D eigenvalue weighted by Crippen LogP contribution is -2.37. The van der Waals surface area contributed by atoms with Gasteiger partial charge in [-0.05, 0) is 50.0 Å². The van der Waals surface area contributed by atoms with Gasteiger partial charge < -0.3 is 15.3 Å². The van der Waals surface area contributed by atoms with Crippen molar-refractivity contribution in [2.45, 2.75) is 31.9 Å². The Hall–Kier alpha value is -0.320. The maximum atomic E-state index is 9.45. The number of hydrogen-bond donors (Lipinski definition) is 2. The normalized spacial score (nSPS) is 17.6. The molecule has 1 aliphatic rings. The van der Waals surface area contributed by atoms with Crippen LogP contribution < -0.4 is 5.32 Å². The summed E-state index contributed by atoms with van der Waals surface area (Å²) in [5.41, 5.74) is 1.08. The van der Waals surface area contributed by atoms with E-state index >= 15 is 0 Å². The highest BCUT2D eigenvalue weighted by Gasteiger charge is 2.15. The van der Waals surface area contributed by atoms with Crippen molar-refractivity contribution in [2.75, 3.05) is 26.2 Å². The van der Waals surface area contributed by atoms with Gasteiger partial charge in [0, 0.05) is 29.7 Å². The van der Waals surface area contributed by atoms with E-state index in [2.05, 4.69) is 10.2 Å². The van der Waals surface area contributed by atoms with E-state index in [1.165, 1.54) is 0 Å². The first-order chi connectivity index (χ1) is 9.65. The zero-order chi connectivity index (χ0) is 14.4. The summed E-state index contributed by atoms with van der Waals surface area (Å²) in [6.45, 7) is 4.87. The van der Waals surface area contributed by atoms with Crippen LogP contribution in [0.1, 0.15) is 24.8 Å². The second kappa shape index (κ2) is 8.20. The van der Waals surface area contributed by atoms with E-state index in [-0.39, 0.29) is 6.10 Å². The third-order valence-corrected chi connectivity index (χ3v) is 4.30. The number of hydrogen-bond acceptors (Lipinski definition) is 3. The lowest BCUT2D eigenvalue weighted by atomic mass is 10.1. The lowest BCUT2D eigenvalue weighted by molar-refractivity contribution is 0.0821. The Morgan fingerprint density at radius 1 is 1.25 bits per heavy atom. The van der Waals surface area contributed by atoms with Crippen LogP contribution in [0.3, 0.4) is 0 Å². The van der Waals surface area contributed by atoms with E-state index in [1.54, 1.807) is 6.07 Å². The first-order valence-electron chi connectivity index (χ1n) is 7.20. The number of rotatable bonds is 6. The predicted octanol–water partition coefficient (Wildman–Crippen LogP) is 2.93. The first kappa shape index (κ1) is 16.1. The van der Waals surface area contributed by atoms with Gasteiger partial charge in [0.2, 0.25) is 0 Å². The minimum Gasteiger partial charge on any atom is -0.393 e. The highest BCUT2D eigenvalue weighted by Crippen LogP contribution is 2.20. The van der Waals surface area contributed by atoms with Gasteiger partial charge in [-0.15, -0.1) is 0 Å². The highest BCUT2D eigenvalue weighted by molar-refractivity contribution is 6.35. The molecule has 0 radical (unpaired) electrons. The number of likely N-dealkylation sites (tertiary alicyclic amines) is 1. The Bertz CT molecular complexity index is 420. The molecule has 1 aromatic carbocycles. The van der Waals surface area contributed by atoms with Crippen LogP contribution in [-0.2, 0) is 6.54 Å². The summed E-state index contributed by atoms with van der Waals surface area (Å²) in [6, 6.07) is 5.60. The van der Waals surface area contributed by atoms with E-state index in [4.69, 9.17) is 23.2 Å². The van der Waals surface area contributed by atoms with Gasteiger partial charge in [-0.1, -0.05) is 29.3 Å². The molecule has 2 N–H and O–H groups in total. The molecule has 0 aliphatic carbocycles. The quantitative estimate of drug-likeness (QED) is 0.792. The van der Waals surface area contributed by atoms with Crippen LogP contribution in [0.15, 0.2) is 18.2 Å². The van der Waals surface area contributed by atoms with Crippen molar-refractivity contribution in [3.05, 3.63) is 33.8 Å². The van der Waals surface area contributed by atoms with Crippen LogP contribution >= 0.6 is 23.2 Å². The van der Waals surface area contributed by atoms with E-state index in [1.807, 2.05) is 12.1 Å². The molecule has 1 fully saturated rings. The Balaban J connectivity index is 1.59. The van der Waals surface area contributed by atoms with E-state index in [0.29, 0.717) is 5.02 Å². The maximum absolute atomic E-state index is 9.45. The number of halogens is 2. The van der Waals surface area contributed by atoms with Gasteiger partial charge in [-0.3, -0.25) is 0 Å². The number of nitrogens with zero attached hydrogens (tertiary/aromatic N) is 1. The van der Waals surface area contributed by atoms with E-state index in [9.17, 15) is 5.11 Å². The Morgan fingerprint density at radius 3 is 2.70 bits per heavy atom. The van der Waals surface area contributed by atoms with Gasteiger partial charge in [0.15, 0.2) is 0 Å². The van der Waals surface area contributed by atoms with Crippen LogP contribution in [0, 0.1) is 0 Å².